The van der Waals surface area contributed by atoms with Crippen molar-refractivity contribution in [3.05, 3.63) is 29.8 Å². The van der Waals surface area contributed by atoms with E-state index in [-0.39, 0.29) is 18.0 Å². The van der Waals surface area contributed by atoms with Crippen LogP contribution in [0.15, 0.2) is 24.3 Å². The van der Waals surface area contributed by atoms with Crippen molar-refractivity contribution in [2.45, 2.75) is 38.8 Å². The summed E-state index contributed by atoms with van der Waals surface area (Å²) in [5.41, 5.74) is 0.557. The van der Waals surface area contributed by atoms with E-state index in [4.69, 9.17) is 9.47 Å². The SMILES string of the molecule is COC(=O)[C@@H]1CCCN1C(=O)c1ccc(OC(C)C)cc1. The molecule has 1 aromatic carbocycles. The van der Waals surface area contributed by atoms with Crippen molar-refractivity contribution in [2.75, 3.05) is 13.7 Å². The molecule has 2 rings (SSSR count). The maximum atomic E-state index is 12.5. The van der Waals surface area contributed by atoms with Gasteiger partial charge in [-0.2, -0.15) is 0 Å². The van der Waals surface area contributed by atoms with E-state index in [2.05, 4.69) is 0 Å². The van der Waals surface area contributed by atoms with E-state index < -0.39 is 6.04 Å². The zero-order chi connectivity index (χ0) is 15.4. The molecule has 5 nitrogen and oxygen atoms in total. The van der Waals surface area contributed by atoms with Crippen molar-refractivity contribution in [3.8, 4) is 5.75 Å². The minimum Gasteiger partial charge on any atom is -0.491 e. The monoisotopic (exact) mass is 291 g/mol. The predicted molar refractivity (Wildman–Crippen MR) is 78.3 cm³/mol. The first-order valence-corrected chi connectivity index (χ1v) is 7.18. The molecule has 0 unspecified atom stereocenters. The lowest BCUT2D eigenvalue weighted by Crippen LogP contribution is -2.41. The van der Waals surface area contributed by atoms with Gasteiger partial charge in [-0.05, 0) is 51.0 Å². The van der Waals surface area contributed by atoms with Gasteiger partial charge in [0.05, 0.1) is 13.2 Å². The van der Waals surface area contributed by atoms with Crippen LogP contribution in [0.5, 0.6) is 5.75 Å². The lowest BCUT2D eigenvalue weighted by atomic mass is 10.1. The molecule has 1 aliphatic rings. The summed E-state index contributed by atoms with van der Waals surface area (Å²) in [5, 5.41) is 0. The van der Waals surface area contributed by atoms with E-state index in [0.717, 1.165) is 12.2 Å². The second kappa shape index (κ2) is 6.61. The Bertz CT molecular complexity index is 510. The van der Waals surface area contributed by atoms with E-state index in [1.165, 1.54) is 7.11 Å². The first kappa shape index (κ1) is 15.4. The fourth-order valence-corrected chi connectivity index (χ4v) is 2.50. The largest absolute Gasteiger partial charge is 0.491 e. The van der Waals surface area contributed by atoms with E-state index >= 15 is 0 Å². The Hall–Kier alpha value is -2.04. The predicted octanol–water partition coefficient (Wildman–Crippen LogP) is 2.25. The Labute approximate surface area is 124 Å². The molecule has 1 saturated heterocycles. The van der Waals surface area contributed by atoms with Gasteiger partial charge in [-0.25, -0.2) is 4.79 Å². The lowest BCUT2D eigenvalue weighted by molar-refractivity contribution is -0.145. The van der Waals surface area contributed by atoms with Gasteiger partial charge in [0, 0.05) is 12.1 Å². The number of benzene rings is 1. The number of amides is 1. The molecule has 0 saturated carbocycles. The van der Waals surface area contributed by atoms with Gasteiger partial charge >= 0.3 is 5.97 Å². The Morgan fingerprint density at radius 1 is 1.24 bits per heavy atom. The third-order valence-corrected chi connectivity index (χ3v) is 3.46. The van der Waals surface area contributed by atoms with Crippen molar-refractivity contribution in [3.63, 3.8) is 0 Å². The normalized spacial score (nSPS) is 17.9. The van der Waals surface area contributed by atoms with Crippen molar-refractivity contribution >= 4 is 11.9 Å². The Balaban J connectivity index is 2.10. The summed E-state index contributed by atoms with van der Waals surface area (Å²) in [5.74, 6) is 0.243. The lowest BCUT2D eigenvalue weighted by Gasteiger charge is -2.22. The topological polar surface area (TPSA) is 55.8 Å². The number of methoxy groups -OCH3 is 1. The van der Waals surface area contributed by atoms with Crippen molar-refractivity contribution in [1.29, 1.82) is 0 Å². The van der Waals surface area contributed by atoms with Crippen LogP contribution >= 0.6 is 0 Å². The zero-order valence-electron chi connectivity index (χ0n) is 12.7. The number of esters is 1. The number of ether oxygens (including phenoxy) is 2. The Morgan fingerprint density at radius 3 is 2.48 bits per heavy atom. The molecule has 0 spiro atoms. The number of nitrogens with zero attached hydrogens (tertiary/aromatic N) is 1. The van der Waals surface area contributed by atoms with Gasteiger partial charge in [0.1, 0.15) is 11.8 Å². The molecule has 0 aliphatic carbocycles. The summed E-state index contributed by atoms with van der Waals surface area (Å²) in [6.45, 7) is 4.48. The van der Waals surface area contributed by atoms with Crippen LogP contribution in [0.4, 0.5) is 0 Å². The highest BCUT2D eigenvalue weighted by molar-refractivity contribution is 5.97. The molecule has 0 radical (unpaired) electrons. The summed E-state index contributed by atoms with van der Waals surface area (Å²) in [6.07, 6.45) is 1.57. The van der Waals surface area contributed by atoms with Crippen LogP contribution in [-0.2, 0) is 9.53 Å². The minimum absolute atomic E-state index is 0.0915. The van der Waals surface area contributed by atoms with Crippen LogP contribution in [0.1, 0.15) is 37.0 Å². The quantitative estimate of drug-likeness (QED) is 0.798. The molecule has 5 heteroatoms. The van der Waals surface area contributed by atoms with Crippen LogP contribution in [0, 0.1) is 0 Å². The van der Waals surface area contributed by atoms with Crippen LogP contribution < -0.4 is 4.74 Å². The Morgan fingerprint density at radius 2 is 1.90 bits per heavy atom. The zero-order valence-corrected chi connectivity index (χ0v) is 12.7. The number of carbonyl (C=O) groups is 2. The van der Waals surface area contributed by atoms with E-state index in [0.29, 0.717) is 18.5 Å². The van der Waals surface area contributed by atoms with Crippen LogP contribution in [0.3, 0.4) is 0 Å². The Kier molecular flexibility index (Phi) is 4.83. The molecule has 0 N–H and O–H groups in total. The number of likely N-dealkylation sites (tertiary alicyclic amines) is 1. The van der Waals surface area contributed by atoms with E-state index in [1.54, 1.807) is 29.2 Å². The molecule has 114 valence electrons. The molecular formula is C16H21NO4. The fraction of sp³-hybridized carbons (Fsp3) is 0.500. The summed E-state index contributed by atoms with van der Waals surface area (Å²) in [6, 6.07) is 6.54. The highest BCUT2D eigenvalue weighted by Crippen LogP contribution is 2.22. The standard InChI is InChI=1S/C16H21NO4/c1-11(2)21-13-8-6-12(7-9-13)15(18)17-10-4-5-14(17)16(19)20-3/h6-9,11,14H,4-5,10H2,1-3H3/t14-/m0/s1. The van der Waals surface area contributed by atoms with Crippen LogP contribution in [0.25, 0.3) is 0 Å². The maximum Gasteiger partial charge on any atom is 0.328 e. The molecule has 21 heavy (non-hydrogen) atoms. The molecule has 1 amide bonds. The van der Waals surface area contributed by atoms with Crippen LogP contribution in [-0.4, -0.2) is 42.6 Å². The van der Waals surface area contributed by atoms with Gasteiger partial charge in [0.15, 0.2) is 0 Å². The van der Waals surface area contributed by atoms with Gasteiger partial charge in [0.25, 0.3) is 5.91 Å². The van der Waals surface area contributed by atoms with Gasteiger partial charge in [0.2, 0.25) is 0 Å². The van der Waals surface area contributed by atoms with Crippen LogP contribution in [0.2, 0.25) is 0 Å². The second-order valence-corrected chi connectivity index (χ2v) is 5.37. The average Bonchev–Trinajstić information content (AvgIpc) is 2.95. The summed E-state index contributed by atoms with van der Waals surface area (Å²) < 4.78 is 10.3. The maximum absolute atomic E-state index is 12.5. The molecule has 0 bridgehead atoms. The van der Waals surface area contributed by atoms with Gasteiger partial charge in [-0.1, -0.05) is 0 Å². The molecule has 1 heterocycles. The smallest absolute Gasteiger partial charge is 0.328 e. The molecule has 1 atom stereocenters. The summed E-state index contributed by atoms with van der Waals surface area (Å²) in [4.78, 5) is 25.8. The number of hydrogen-bond donors (Lipinski definition) is 0. The fourth-order valence-electron chi connectivity index (χ4n) is 2.50. The van der Waals surface area contributed by atoms with E-state index in [9.17, 15) is 9.59 Å². The molecule has 0 aromatic heterocycles. The highest BCUT2D eigenvalue weighted by atomic mass is 16.5. The van der Waals surface area contributed by atoms with Crippen molar-refractivity contribution in [1.82, 2.24) is 4.90 Å². The van der Waals surface area contributed by atoms with Gasteiger partial charge < -0.3 is 14.4 Å². The van der Waals surface area contributed by atoms with Crippen molar-refractivity contribution in [2.24, 2.45) is 0 Å². The molecular weight excluding hydrogens is 270 g/mol. The minimum atomic E-state index is -0.464. The second-order valence-electron chi connectivity index (χ2n) is 5.37. The highest BCUT2D eigenvalue weighted by Gasteiger charge is 2.35. The molecule has 1 fully saturated rings. The number of rotatable bonds is 4. The number of hydrogen-bond acceptors (Lipinski definition) is 4. The first-order chi connectivity index (χ1) is 10.0. The summed E-state index contributed by atoms with van der Waals surface area (Å²) in [7, 11) is 1.35. The van der Waals surface area contributed by atoms with Gasteiger partial charge in [-0.15, -0.1) is 0 Å². The van der Waals surface area contributed by atoms with Crippen molar-refractivity contribution < 1.29 is 19.1 Å². The number of carbonyl (C=O) groups excluding carboxylic acids is 2. The average molecular weight is 291 g/mol. The first-order valence-electron chi connectivity index (χ1n) is 7.18. The molecule has 1 aromatic rings. The molecule has 1 aliphatic heterocycles. The summed E-state index contributed by atoms with van der Waals surface area (Å²) >= 11 is 0. The van der Waals surface area contributed by atoms with E-state index in [1.807, 2.05) is 13.8 Å². The third kappa shape index (κ3) is 3.54. The van der Waals surface area contributed by atoms with Gasteiger partial charge in [-0.3, -0.25) is 4.79 Å². The third-order valence-electron chi connectivity index (χ3n) is 3.46.